The lowest BCUT2D eigenvalue weighted by Gasteiger charge is -2.40. The number of carbonyl (C=O) groups excluding carboxylic acids is 1. The first kappa shape index (κ1) is 14.8. The topological polar surface area (TPSA) is 32.8 Å². The van der Waals surface area contributed by atoms with Crippen molar-refractivity contribution in [3.63, 3.8) is 0 Å². The summed E-state index contributed by atoms with van der Waals surface area (Å²) < 4.78 is 5.68. The largest absolute Gasteiger partial charge is 0.373 e. The number of amides is 1. The van der Waals surface area contributed by atoms with Crippen molar-refractivity contribution < 1.29 is 9.53 Å². The summed E-state index contributed by atoms with van der Waals surface area (Å²) in [5.41, 5.74) is 0.278. The predicted octanol–water partition coefficient (Wildman–Crippen LogP) is 1.75. The lowest BCUT2D eigenvalue weighted by atomic mass is 9.82. The molecule has 0 aromatic carbocycles. The second-order valence-electron chi connectivity index (χ2n) is 7.36. The highest BCUT2D eigenvalue weighted by Crippen LogP contribution is 2.29. The number of ether oxygens (including phenoxy) is 1. The summed E-state index contributed by atoms with van der Waals surface area (Å²) >= 11 is 0. The van der Waals surface area contributed by atoms with Gasteiger partial charge < -0.3 is 9.64 Å². The third kappa shape index (κ3) is 4.18. The molecular weight excluding hydrogens is 240 g/mol. The second-order valence-corrected chi connectivity index (χ2v) is 7.36. The molecule has 0 unspecified atom stereocenters. The highest BCUT2D eigenvalue weighted by atomic mass is 16.5. The van der Waals surface area contributed by atoms with Crippen molar-refractivity contribution >= 4 is 5.91 Å². The maximum atomic E-state index is 12.3. The van der Waals surface area contributed by atoms with Gasteiger partial charge >= 0.3 is 0 Å². The van der Waals surface area contributed by atoms with Crippen LogP contribution < -0.4 is 0 Å². The number of likely N-dealkylation sites (tertiary alicyclic amines) is 1. The monoisotopic (exact) mass is 268 g/mol. The third-order valence-electron chi connectivity index (χ3n) is 4.33. The molecule has 2 rings (SSSR count). The Bertz CT molecular complexity index is 329. The van der Waals surface area contributed by atoms with Crippen molar-refractivity contribution in [2.24, 2.45) is 5.41 Å². The van der Waals surface area contributed by atoms with Gasteiger partial charge in [-0.2, -0.15) is 0 Å². The van der Waals surface area contributed by atoms with Gasteiger partial charge in [0.15, 0.2) is 0 Å². The quantitative estimate of drug-likeness (QED) is 0.765. The Hall–Kier alpha value is -0.610. The fraction of sp³-hybridized carbons (Fsp3) is 0.933. The summed E-state index contributed by atoms with van der Waals surface area (Å²) in [4.78, 5) is 16.6. The van der Waals surface area contributed by atoms with Gasteiger partial charge in [0, 0.05) is 26.2 Å². The molecule has 1 amide bonds. The molecule has 19 heavy (non-hydrogen) atoms. The minimum atomic E-state index is -0.123. The summed E-state index contributed by atoms with van der Waals surface area (Å²) in [6.07, 6.45) is 2.24. The molecule has 0 spiro atoms. The molecular formula is C15H28N2O2. The van der Waals surface area contributed by atoms with Crippen molar-refractivity contribution in [2.45, 2.75) is 46.1 Å². The van der Waals surface area contributed by atoms with Gasteiger partial charge in [0.1, 0.15) is 0 Å². The zero-order valence-corrected chi connectivity index (χ0v) is 12.9. The van der Waals surface area contributed by atoms with E-state index >= 15 is 0 Å². The van der Waals surface area contributed by atoms with Gasteiger partial charge in [-0.15, -0.1) is 0 Å². The lowest BCUT2D eigenvalue weighted by molar-refractivity contribution is -0.138. The molecule has 0 aromatic heterocycles. The standard InChI is InChI=1S/C15H28N2O2/c1-14(2)5-7-17(8-6-14)13(18)11-16-9-10-19-15(3,4)12-16/h5-12H2,1-4H3. The van der Waals surface area contributed by atoms with E-state index in [1.807, 2.05) is 4.90 Å². The van der Waals surface area contributed by atoms with Crippen LogP contribution in [0.1, 0.15) is 40.5 Å². The molecule has 0 saturated carbocycles. The van der Waals surface area contributed by atoms with Crippen LogP contribution in [0.5, 0.6) is 0 Å². The molecule has 2 aliphatic rings. The first-order valence-electron chi connectivity index (χ1n) is 7.42. The number of hydrogen-bond acceptors (Lipinski definition) is 3. The summed E-state index contributed by atoms with van der Waals surface area (Å²) in [7, 11) is 0. The summed E-state index contributed by atoms with van der Waals surface area (Å²) in [5, 5.41) is 0. The molecule has 0 N–H and O–H groups in total. The minimum absolute atomic E-state index is 0.123. The summed E-state index contributed by atoms with van der Waals surface area (Å²) in [6.45, 7) is 13.6. The second kappa shape index (κ2) is 5.41. The molecule has 4 nitrogen and oxygen atoms in total. The van der Waals surface area contributed by atoms with E-state index < -0.39 is 0 Å². The van der Waals surface area contributed by atoms with E-state index in [1.165, 1.54) is 0 Å². The molecule has 0 atom stereocenters. The predicted molar refractivity (Wildman–Crippen MR) is 76.1 cm³/mol. The van der Waals surface area contributed by atoms with E-state index in [0.29, 0.717) is 12.0 Å². The van der Waals surface area contributed by atoms with Crippen LogP contribution in [0.2, 0.25) is 0 Å². The normalized spacial score (nSPS) is 27.3. The Morgan fingerprint density at radius 1 is 1.11 bits per heavy atom. The molecule has 2 heterocycles. The molecule has 0 radical (unpaired) electrons. The average molecular weight is 268 g/mol. The summed E-state index contributed by atoms with van der Waals surface area (Å²) in [5.74, 6) is 0.285. The zero-order valence-electron chi connectivity index (χ0n) is 12.9. The fourth-order valence-electron chi connectivity index (χ4n) is 2.90. The molecule has 2 aliphatic heterocycles. The van der Waals surface area contributed by atoms with Gasteiger partial charge in [-0.1, -0.05) is 13.8 Å². The highest BCUT2D eigenvalue weighted by Gasteiger charge is 2.31. The van der Waals surface area contributed by atoms with Crippen LogP contribution in [0.4, 0.5) is 0 Å². The molecule has 2 saturated heterocycles. The Kier molecular flexibility index (Phi) is 4.21. The Morgan fingerprint density at radius 3 is 2.32 bits per heavy atom. The van der Waals surface area contributed by atoms with Crippen molar-refractivity contribution in [2.75, 3.05) is 39.3 Å². The smallest absolute Gasteiger partial charge is 0.236 e. The molecule has 2 fully saturated rings. The number of carbonyl (C=O) groups is 1. The van der Waals surface area contributed by atoms with Crippen LogP contribution in [0.15, 0.2) is 0 Å². The molecule has 0 aliphatic carbocycles. The van der Waals surface area contributed by atoms with Crippen LogP contribution in [0.25, 0.3) is 0 Å². The van der Waals surface area contributed by atoms with E-state index in [1.54, 1.807) is 0 Å². The molecule has 110 valence electrons. The maximum absolute atomic E-state index is 12.3. The van der Waals surface area contributed by atoms with Crippen LogP contribution >= 0.6 is 0 Å². The zero-order chi connectivity index (χ0) is 14.1. The van der Waals surface area contributed by atoms with E-state index in [9.17, 15) is 4.79 Å². The van der Waals surface area contributed by atoms with E-state index in [4.69, 9.17) is 4.74 Å². The Balaban J connectivity index is 1.81. The van der Waals surface area contributed by atoms with Crippen molar-refractivity contribution in [1.29, 1.82) is 0 Å². The van der Waals surface area contributed by atoms with Crippen molar-refractivity contribution in [3.05, 3.63) is 0 Å². The van der Waals surface area contributed by atoms with Gasteiger partial charge in [0.05, 0.1) is 18.8 Å². The fourth-order valence-corrected chi connectivity index (χ4v) is 2.90. The van der Waals surface area contributed by atoms with Crippen LogP contribution in [-0.2, 0) is 9.53 Å². The first-order valence-corrected chi connectivity index (χ1v) is 7.42. The highest BCUT2D eigenvalue weighted by molar-refractivity contribution is 5.78. The van der Waals surface area contributed by atoms with Gasteiger partial charge in [-0.3, -0.25) is 9.69 Å². The lowest BCUT2D eigenvalue weighted by Crippen LogP contribution is -2.52. The van der Waals surface area contributed by atoms with Gasteiger partial charge in [0.25, 0.3) is 0 Å². The summed E-state index contributed by atoms with van der Waals surface area (Å²) in [6, 6.07) is 0. The van der Waals surface area contributed by atoms with Gasteiger partial charge in [-0.25, -0.2) is 0 Å². The van der Waals surface area contributed by atoms with Crippen LogP contribution in [0.3, 0.4) is 0 Å². The SMILES string of the molecule is CC1(C)CCN(C(=O)CN2CCOC(C)(C)C2)CC1. The molecule has 4 heteroatoms. The minimum Gasteiger partial charge on any atom is -0.373 e. The van der Waals surface area contributed by atoms with E-state index in [0.717, 1.165) is 45.6 Å². The average Bonchev–Trinajstić information content (AvgIpc) is 2.27. The van der Waals surface area contributed by atoms with Crippen LogP contribution in [0, 0.1) is 5.41 Å². The number of morpholine rings is 1. The first-order chi connectivity index (χ1) is 8.77. The molecule has 0 aromatic rings. The van der Waals surface area contributed by atoms with Gasteiger partial charge in [0.2, 0.25) is 5.91 Å². The third-order valence-corrected chi connectivity index (χ3v) is 4.33. The van der Waals surface area contributed by atoms with Gasteiger partial charge in [-0.05, 0) is 32.1 Å². The Labute approximate surface area is 117 Å². The van der Waals surface area contributed by atoms with Crippen molar-refractivity contribution in [1.82, 2.24) is 9.80 Å². The number of hydrogen-bond donors (Lipinski definition) is 0. The maximum Gasteiger partial charge on any atom is 0.236 e. The Morgan fingerprint density at radius 2 is 1.74 bits per heavy atom. The number of nitrogens with zero attached hydrogens (tertiary/aromatic N) is 2. The van der Waals surface area contributed by atoms with Crippen LogP contribution in [-0.4, -0.2) is 60.6 Å². The van der Waals surface area contributed by atoms with Crippen molar-refractivity contribution in [3.8, 4) is 0 Å². The number of rotatable bonds is 2. The van der Waals surface area contributed by atoms with E-state index in [-0.39, 0.29) is 11.5 Å². The van der Waals surface area contributed by atoms with E-state index in [2.05, 4.69) is 32.6 Å². The number of piperidine rings is 1. The molecule has 0 bridgehead atoms.